The Kier molecular flexibility index (Phi) is 6.16. The number of likely N-dealkylation sites (N-methyl/N-ethyl adjacent to an activating group) is 1. The third-order valence-corrected chi connectivity index (χ3v) is 4.98. The molecular weight excluding hydrogens is 412 g/mol. The van der Waals surface area contributed by atoms with Crippen LogP contribution in [0.2, 0.25) is 5.02 Å². The second-order valence-corrected chi connectivity index (χ2v) is 7.85. The van der Waals surface area contributed by atoms with Gasteiger partial charge >= 0.3 is 0 Å². The number of hydrogen-bond acceptors (Lipinski definition) is 5. The molecule has 0 atom stereocenters. The zero-order valence-corrected chi connectivity index (χ0v) is 18.1. The first-order chi connectivity index (χ1) is 15.0. The molecule has 2 aromatic heterocycles. The Balaban J connectivity index is 1.60. The molecule has 0 bridgehead atoms. The van der Waals surface area contributed by atoms with Gasteiger partial charge in [0.25, 0.3) is 5.91 Å². The smallest absolute Gasteiger partial charge is 0.251 e. The van der Waals surface area contributed by atoms with Gasteiger partial charge in [-0.15, -0.1) is 0 Å². The van der Waals surface area contributed by atoms with Crippen LogP contribution in [-0.4, -0.2) is 52.6 Å². The van der Waals surface area contributed by atoms with E-state index in [0.717, 1.165) is 23.4 Å². The third-order valence-electron chi connectivity index (χ3n) is 4.75. The highest BCUT2D eigenvalue weighted by molar-refractivity contribution is 6.30. The van der Waals surface area contributed by atoms with E-state index in [-0.39, 0.29) is 5.91 Å². The molecule has 0 spiro atoms. The van der Waals surface area contributed by atoms with Crippen LogP contribution in [0.25, 0.3) is 16.8 Å². The van der Waals surface area contributed by atoms with Crippen LogP contribution in [0.5, 0.6) is 0 Å². The van der Waals surface area contributed by atoms with Crippen LogP contribution < -0.4 is 10.6 Å². The van der Waals surface area contributed by atoms with Gasteiger partial charge in [-0.05, 0) is 56.1 Å². The fourth-order valence-corrected chi connectivity index (χ4v) is 3.37. The zero-order chi connectivity index (χ0) is 21.8. The summed E-state index contributed by atoms with van der Waals surface area (Å²) in [5.74, 6) is 0.575. The molecule has 8 heteroatoms. The first kappa shape index (κ1) is 20.8. The summed E-state index contributed by atoms with van der Waals surface area (Å²) in [4.78, 5) is 19.3. The molecule has 0 aliphatic heterocycles. The fourth-order valence-electron chi connectivity index (χ4n) is 3.18. The Morgan fingerprint density at radius 2 is 1.97 bits per heavy atom. The maximum absolute atomic E-state index is 12.5. The highest BCUT2D eigenvalue weighted by atomic mass is 35.5. The van der Waals surface area contributed by atoms with Gasteiger partial charge in [0.2, 0.25) is 0 Å². The van der Waals surface area contributed by atoms with E-state index < -0.39 is 0 Å². The monoisotopic (exact) mass is 434 g/mol. The van der Waals surface area contributed by atoms with E-state index in [4.69, 9.17) is 16.6 Å². The molecule has 0 radical (unpaired) electrons. The quantitative estimate of drug-likeness (QED) is 0.458. The summed E-state index contributed by atoms with van der Waals surface area (Å²) in [7, 11) is 3.95. The number of halogens is 1. The molecule has 158 valence electrons. The van der Waals surface area contributed by atoms with Crippen molar-refractivity contribution in [2.24, 2.45) is 0 Å². The van der Waals surface area contributed by atoms with Crippen LogP contribution in [-0.2, 0) is 0 Å². The molecule has 0 saturated carbocycles. The Bertz CT molecular complexity index is 1220. The molecule has 1 amide bonds. The first-order valence-corrected chi connectivity index (χ1v) is 10.3. The second kappa shape index (κ2) is 9.16. The highest BCUT2D eigenvalue weighted by Crippen LogP contribution is 2.26. The van der Waals surface area contributed by atoms with Crippen molar-refractivity contribution < 1.29 is 4.79 Å². The SMILES string of the molecule is CN(C)CCNC(=O)c1cccc(-c2cnn3ccc(Nc4cccc(Cl)c4)nc23)c1. The molecule has 0 aliphatic rings. The standard InChI is InChI=1S/C23H23ClN6O/c1-29(2)12-10-25-23(31)17-6-3-5-16(13-17)20-15-26-30-11-9-21(28-22(20)30)27-19-8-4-7-18(24)14-19/h3-9,11,13-15H,10,12H2,1-2H3,(H,25,31)(H,27,28). The highest BCUT2D eigenvalue weighted by Gasteiger charge is 2.12. The average molecular weight is 435 g/mol. The number of rotatable bonds is 7. The van der Waals surface area contributed by atoms with Crippen molar-refractivity contribution >= 4 is 34.7 Å². The summed E-state index contributed by atoms with van der Waals surface area (Å²) in [6, 6.07) is 16.8. The van der Waals surface area contributed by atoms with Gasteiger partial charge in [-0.3, -0.25) is 4.79 Å². The Morgan fingerprint density at radius 3 is 2.77 bits per heavy atom. The maximum Gasteiger partial charge on any atom is 0.251 e. The van der Waals surface area contributed by atoms with E-state index in [1.54, 1.807) is 16.8 Å². The summed E-state index contributed by atoms with van der Waals surface area (Å²) in [6.45, 7) is 1.37. The molecule has 2 N–H and O–H groups in total. The first-order valence-electron chi connectivity index (χ1n) is 9.90. The molecule has 0 unspecified atom stereocenters. The van der Waals surface area contributed by atoms with Crippen LogP contribution in [0.4, 0.5) is 11.5 Å². The number of nitrogens with zero attached hydrogens (tertiary/aromatic N) is 4. The van der Waals surface area contributed by atoms with Crippen molar-refractivity contribution in [1.29, 1.82) is 0 Å². The van der Waals surface area contributed by atoms with E-state index in [1.807, 2.05) is 73.7 Å². The minimum Gasteiger partial charge on any atom is -0.351 e. The molecular formula is C23H23ClN6O. The summed E-state index contributed by atoms with van der Waals surface area (Å²) in [5, 5.41) is 11.3. The van der Waals surface area contributed by atoms with Crippen molar-refractivity contribution in [2.45, 2.75) is 0 Å². The Labute approximate surface area is 185 Å². The number of carbonyl (C=O) groups is 1. The van der Waals surface area contributed by atoms with E-state index in [1.165, 1.54) is 0 Å². The number of anilines is 2. The summed E-state index contributed by atoms with van der Waals surface area (Å²) in [6.07, 6.45) is 3.60. The third kappa shape index (κ3) is 5.02. The summed E-state index contributed by atoms with van der Waals surface area (Å²) >= 11 is 6.07. The summed E-state index contributed by atoms with van der Waals surface area (Å²) in [5.41, 5.74) is 3.86. The lowest BCUT2D eigenvalue weighted by atomic mass is 10.1. The predicted octanol–water partition coefficient (Wildman–Crippen LogP) is 4.08. The Morgan fingerprint density at radius 1 is 1.13 bits per heavy atom. The van der Waals surface area contributed by atoms with Gasteiger partial charge in [0.15, 0.2) is 5.65 Å². The molecule has 4 rings (SSSR count). The number of fused-ring (bicyclic) bond motifs is 1. The van der Waals surface area contributed by atoms with Crippen LogP contribution in [0, 0.1) is 0 Å². The average Bonchev–Trinajstić information content (AvgIpc) is 3.17. The minimum absolute atomic E-state index is 0.101. The minimum atomic E-state index is -0.101. The van der Waals surface area contributed by atoms with Crippen LogP contribution in [0.3, 0.4) is 0 Å². The Hall–Kier alpha value is -3.42. The topological polar surface area (TPSA) is 74.6 Å². The van der Waals surface area contributed by atoms with Gasteiger partial charge in [0, 0.05) is 41.1 Å². The fraction of sp³-hybridized carbons (Fsp3) is 0.174. The van der Waals surface area contributed by atoms with Gasteiger partial charge in [-0.1, -0.05) is 29.8 Å². The normalized spacial score (nSPS) is 11.1. The maximum atomic E-state index is 12.5. The number of aromatic nitrogens is 3. The number of nitrogens with one attached hydrogen (secondary N) is 2. The number of amides is 1. The largest absolute Gasteiger partial charge is 0.351 e. The van der Waals surface area contributed by atoms with Gasteiger partial charge in [0.1, 0.15) is 5.82 Å². The molecule has 31 heavy (non-hydrogen) atoms. The van der Waals surface area contributed by atoms with Gasteiger partial charge < -0.3 is 15.5 Å². The number of carbonyl (C=O) groups excluding carboxylic acids is 1. The van der Waals surface area contributed by atoms with Gasteiger partial charge in [-0.25, -0.2) is 9.50 Å². The molecule has 0 saturated heterocycles. The van der Waals surface area contributed by atoms with E-state index in [2.05, 4.69) is 15.7 Å². The molecule has 7 nitrogen and oxygen atoms in total. The lowest BCUT2D eigenvalue weighted by Gasteiger charge is -2.11. The van der Waals surface area contributed by atoms with Gasteiger partial charge in [-0.2, -0.15) is 5.10 Å². The van der Waals surface area contributed by atoms with Crippen molar-refractivity contribution in [3.63, 3.8) is 0 Å². The van der Waals surface area contributed by atoms with Gasteiger partial charge in [0.05, 0.1) is 6.20 Å². The molecule has 0 aliphatic carbocycles. The number of hydrogen-bond donors (Lipinski definition) is 2. The van der Waals surface area contributed by atoms with Crippen LogP contribution in [0.1, 0.15) is 10.4 Å². The molecule has 0 fully saturated rings. The molecule has 4 aromatic rings. The number of benzene rings is 2. The van der Waals surface area contributed by atoms with E-state index >= 15 is 0 Å². The van der Waals surface area contributed by atoms with Crippen molar-refractivity contribution in [2.75, 3.05) is 32.5 Å². The lowest BCUT2D eigenvalue weighted by molar-refractivity contribution is 0.0951. The van der Waals surface area contributed by atoms with E-state index in [9.17, 15) is 4.79 Å². The molecule has 2 heterocycles. The van der Waals surface area contributed by atoms with Crippen molar-refractivity contribution in [3.8, 4) is 11.1 Å². The lowest BCUT2D eigenvalue weighted by Crippen LogP contribution is -2.31. The second-order valence-electron chi connectivity index (χ2n) is 7.41. The zero-order valence-electron chi connectivity index (χ0n) is 17.3. The van der Waals surface area contributed by atoms with Crippen molar-refractivity contribution in [1.82, 2.24) is 24.8 Å². The summed E-state index contributed by atoms with van der Waals surface area (Å²) < 4.78 is 1.71. The van der Waals surface area contributed by atoms with Crippen molar-refractivity contribution in [3.05, 3.63) is 77.6 Å². The predicted molar refractivity (Wildman–Crippen MR) is 124 cm³/mol. The van der Waals surface area contributed by atoms with Crippen LogP contribution in [0.15, 0.2) is 67.0 Å². The van der Waals surface area contributed by atoms with E-state index in [0.29, 0.717) is 28.6 Å². The molecule has 2 aromatic carbocycles. The van der Waals surface area contributed by atoms with Crippen LogP contribution >= 0.6 is 11.6 Å².